The van der Waals surface area contributed by atoms with Gasteiger partial charge in [0.2, 0.25) is 0 Å². The molecular weight excluding hydrogens is 190 g/mol. The van der Waals surface area contributed by atoms with Crippen LogP contribution in [0.4, 0.5) is 0 Å². The molecule has 0 aliphatic carbocycles. The van der Waals surface area contributed by atoms with E-state index in [1.54, 1.807) is 19.2 Å². The zero-order valence-electron chi connectivity index (χ0n) is 9.21. The molecule has 15 heavy (non-hydrogen) atoms. The van der Waals surface area contributed by atoms with E-state index >= 15 is 0 Å². The summed E-state index contributed by atoms with van der Waals surface area (Å²) in [5.41, 5.74) is 0.979. The van der Waals surface area contributed by atoms with Crippen LogP contribution in [0.5, 0.6) is 11.5 Å². The van der Waals surface area contributed by atoms with Crippen LogP contribution in [-0.4, -0.2) is 18.8 Å². The third-order valence-electron chi connectivity index (χ3n) is 3.15. The van der Waals surface area contributed by atoms with Crippen molar-refractivity contribution in [2.45, 2.75) is 25.3 Å². The fraction of sp³-hybridized carbons (Fsp3) is 0.500. The Bertz CT molecular complexity index is 357. The Morgan fingerprint density at radius 3 is 2.87 bits per heavy atom. The summed E-state index contributed by atoms with van der Waals surface area (Å²) in [6, 6.07) is 5.26. The average molecular weight is 207 g/mol. The topological polar surface area (TPSA) is 41.5 Å². The molecule has 3 heteroatoms. The molecule has 1 saturated heterocycles. The predicted molar refractivity (Wildman–Crippen MR) is 59.2 cm³/mol. The molecule has 1 aromatic carbocycles. The molecule has 1 unspecified atom stereocenters. The van der Waals surface area contributed by atoms with Crippen molar-refractivity contribution in [2.75, 3.05) is 13.7 Å². The number of benzene rings is 1. The third kappa shape index (κ3) is 1.79. The first-order valence-electron chi connectivity index (χ1n) is 5.28. The minimum atomic E-state index is -0.0654. The lowest BCUT2D eigenvalue weighted by Crippen LogP contribution is -2.33. The molecule has 1 aromatic rings. The standard InChI is InChI=1S/C12H17NO2/c1-12(6-3-7-13-12)10-8-9(14)4-5-11(10)15-2/h4-5,8,13-14H,3,6-7H2,1-2H3. The van der Waals surface area contributed by atoms with Crippen LogP contribution >= 0.6 is 0 Å². The number of rotatable bonds is 2. The number of phenols is 1. The zero-order valence-corrected chi connectivity index (χ0v) is 9.21. The van der Waals surface area contributed by atoms with Crippen LogP contribution in [0, 0.1) is 0 Å². The summed E-state index contributed by atoms with van der Waals surface area (Å²) in [7, 11) is 1.66. The maximum absolute atomic E-state index is 9.52. The molecule has 0 amide bonds. The van der Waals surface area contributed by atoms with Crippen molar-refractivity contribution >= 4 is 0 Å². The van der Waals surface area contributed by atoms with E-state index in [1.165, 1.54) is 0 Å². The van der Waals surface area contributed by atoms with Gasteiger partial charge in [-0.05, 0) is 44.5 Å². The van der Waals surface area contributed by atoms with Gasteiger partial charge in [-0.3, -0.25) is 0 Å². The zero-order chi connectivity index (χ0) is 10.9. The fourth-order valence-corrected chi connectivity index (χ4v) is 2.25. The van der Waals surface area contributed by atoms with Gasteiger partial charge in [-0.25, -0.2) is 0 Å². The third-order valence-corrected chi connectivity index (χ3v) is 3.15. The number of ether oxygens (including phenoxy) is 1. The average Bonchev–Trinajstić information content (AvgIpc) is 2.66. The molecule has 82 valence electrons. The highest BCUT2D eigenvalue weighted by molar-refractivity contribution is 5.44. The molecular formula is C12H17NO2. The van der Waals surface area contributed by atoms with Gasteiger partial charge in [0.05, 0.1) is 7.11 Å². The van der Waals surface area contributed by atoms with E-state index in [9.17, 15) is 5.11 Å². The van der Waals surface area contributed by atoms with Gasteiger partial charge in [-0.15, -0.1) is 0 Å². The van der Waals surface area contributed by atoms with Crippen LogP contribution in [0.15, 0.2) is 18.2 Å². The molecule has 1 fully saturated rings. The largest absolute Gasteiger partial charge is 0.508 e. The SMILES string of the molecule is COc1ccc(O)cc1C1(C)CCCN1. The Labute approximate surface area is 90.1 Å². The van der Waals surface area contributed by atoms with E-state index in [2.05, 4.69) is 12.2 Å². The summed E-state index contributed by atoms with van der Waals surface area (Å²) in [6.45, 7) is 3.17. The fourth-order valence-electron chi connectivity index (χ4n) is 2.25. The van der Waals surface area contributed by atoms with E-state index in [0.29, 0.717) is 5.75 Å². The lowest BCUT2D eigenvalue weighted by molar-refractivity contribution is 0.367. The maximum atomic E-state index is 9.52. The summed E-state index contributed by atoms with van der Waals surface area (Å²) in [5, 5.41) is 13.0. The van der Waals surface area contributed by atoms with Crippen LogP contribution in [0.1, 0.15) is 25.3 Å². The monoisotopic (exact) mass is 207 g/mol. The van der Waals surface area contributed by atoms with Crippen LogP contribution < -0.4 is 10.1 Å². The van der Waals surface area contributed by atoms with Gasteiger partial charge in [-0.1, -0.05) is 0 Å². The van der Waals surface area contributed by atoms with Crippen molar-refractivity contribution in [3.05, 3.63) is 23.8 Å². The van der Waals surface area contributed by atoms with Gasteiger partial charge in [0.15, 0.2) is 0 Å². The molecule has 0 aromatic heterocycles. The molecule has 3 nitrogen and oxygen atoms in total. The molecule has 1 heterocycles. The Morgan fingerprint density at radius 1 is 1.47 bits per heavy atom. The molecule has 0 radical (unpaired) electrons. The number of nitrogens with one attached hydrogen (secondary N) is 1. The summed E-state index contributed by atoms with van der Waals surface area (Å²) in [4.78, 5) is 0. The first-order chi connectivity index (χ1) is 7.15. The Morgan fingerprint density at radius 2 is 2.27 bits per heavy atom. The number of hydrogen-bond donors (Lipinski definition) is 2. The van der Waals surface area contributed by atoms with E-state index in [-0.39, 0.29) is 5.54 Å². The molecule has 2 rings (SSSR count). The number of methoxy groups -OCH3 is 1. The number of hydrogen-bond acceptors (Lipinski definition) is 3. The van der Waals surface area contributed by atoms with E-state index < -0.39 is 0 Å². The lowest BCUT2D eigenvalue weighted by Gasteiger charge is -2.27. The highest BCUT2D eigenvalue weighted by Gasteiger charge is 2.32. The van der Waals surface area contributed by atoms with Gasteiger partial charge in [0.25, 0.3) is 0 Å². The van der Waals surface area contributed by atoms with E-state index in [4.69, 9.17) is 4.74 Å². The second kappa shape index (κ2) is 3.74. The van der Waals surface area contributed by atoms with Gasteiger partial charge in [0.1, 0.15) is 11.5 Å². The Kier molecular flexibility index (Phi) is 2.57. The molecule has 0 saturated carbocycles. The van der Waals surface area contributed by atoms with Gasteiger partial charge < -0.3 is 15.2 Å². The van der Waals surface area contributed by atoms with Gasteiger partial charge >= 0.3 is 0 Å². The van der Waals surface area contributed by atoms with Crippen molar-refractivity contribution in [1.29, 1.82) is 0 Å². The van der Waals surface area contributed by atoms with Crippen LogP contribution in [0.3, 0.4) is 0 Å². The summed E-state index contributed by atoms with van der Waals surface area (Å²) in [5.74, 6) is 1.13. The van der Waals surface area contributed by atoms with Crippen molar-refractivity contribution in [1.82, 2.24) is 5.32 Å². The van der Waals surface area contributed by atoms with Crippen molar-refractivity contribution in [2.24, 2.45) is 0 Å². The minimum Gasteiger partial charge on any atom is -0.508 e. The summed E-state index contributed by atoms with van der Waals surface area (Å²) < 4.78 is 5.33. The normalized spacial score (nSPS) is 25.5. The van der Waals surface area contributed by atoms with E-state index in [0.717, 1.165) is 30.7 Å². The molecule has 1 aliphatic rings. The molecule has 1 aliphatic heterocycles. The predicted octanol–water partition coefficient (Wildman–Crippen LogP) is 2.00. The lowest BCUT2D eigenvalue weighted by atomic mass is 9.89. The summed E-state index contributed by atoms with van der Waals surface area (Å²) >= 11 is 0. The highest BCUT2D eigenvalue weighted by Crippen LogP contribution is 2.37. The van der Waals surface area contributed by atoms with Gasteiger partial charge in [0, 0.05) is 11.1 Å². The maximum Gasteiger partial charge on any atom is 0.124 e. The molecule has 0 spiro atoms. The Hall–Kier alpha value is -1.22. The van der Waals surface area contributed by atoms with Crippen molar-refractivity contribution < 1.29 is 9.84 Å². The number of phenolic OH excluding ortho intramolecular Hbond substituents is 1. The van der Waals surface area contributed by atoms with Crippen molar-refractivity contribution in [3.63, 3.8) is 0 Å². The molecule has 2 N–H and O–H groups in total. The second-order valence-corrected chi connectivity index (χ2v) is 4.25. The highest BCUT2D eigenvalue weighted by atomic mass is 16.5. The summed E-state index contributed by atoms with van der Waals surface area (Å²) in [6.07, 6.45) is 2.24. The van der Waals surface area contributed by atoms with Crippen LogP contribution in [0.25, 0.3) is 0 Å². The van der Waals surface area contributed by atoms with Crippen LogP contribution in [-0.2, 0) is 5.54 Å². The first-order valence-corrected chi connectivity index (χ1v) is 5.28. The second-order valence-electron chi connectivity index (χ2n) is 4.25. The van der Waals surface area contributed by atoms with Crippen molar-refractivity contribution in [3.8, 4) is 11.5 Å². The molecule has 1 atom stereocenters. The van der Waals surface area contributed by atoms with Crippen LogP contribution in [0.2, 0.25) is 0 Å². The first kappa shape index (κ1) is 10.3. The van der Waals surface area contributed by atoms with Gasteiger partial charge in [-0.2, -0.15) is 0 Å². The smallest absolute Gasteiger partial charge is 0.124 e. The minimum absolute atomic E-state index is 0.0654. The van der Waals surface area contributed by atoms with E-state index in [1.807, 2.05) is 6.07 Å². The quantitative estimate of drug-likeness (QED) is 0.779. The Balaban J connectivity index is 2.44. The number of aromatic hydroxyl groups is 1. The molecule has 0 bridgehead atoms.